The molecule has 0 unspecified atom stereocenters. The van der Waals surface area contributed by atoms with Crippen LogP contribution in [0, 0.1) is 0 Å². The quantitative estimate of drug-likeness (QED) is 0.672. The van der Waals surface area contributed by atoms with Crippen LogP contribution in [0.4, 0.5) is 0 Å². The summed E-state index contributed by atoms with van der Waals surface area (Å²) in [5, 5.41) is 0. The number of sulfonamides is 1. The Morgan fingerprint density at radius 2 is 1.85 bits per heavy atom. The van der Waals surface area contributed by atoms with Gasteiger partial charge in [0, 0.05) is 13.7 Å². The molecule has 0 aliphatic rings. The summed E-state index contributed by atoms with van der Waals surface area (Å²) in [6, 6.07) is 6.87. The zero-order chi connectivity index (χ0) is 14.1. The van der Waals surface area contributed by atoms with E-state index in [2.05, 4.69) is 4.72 Å². The summed E-state index contributed by atoms with van der Waals surface area (Å²) < 4.78 is 31.5. The highest BCUT2D eigenvalue weighted by molar-refractivity contribution is 7.89. The van der Waals surface area contributed by atoms with Gasteiger partial charge in [0.15, 0.2) is 0 Å². The Morgan fingerprint density at radius 3 is 2.40 bits per heavy atom. The lowest BCUT2D eigenvalue weighted by Crippen LogP contribution is -2.25. The number of nitrogens with two attached hydrogens (primary N) is 1. The minimum absolute atomic E-state index is 0. The third-order valence-corrected chi connectivity index (χ3v) is 4.23. The van der Waals surface area contributed by atoms with Crippen molar-refractivity contribution in [1.82, 2.24) is 4.72 Å². The molecule has 0 heterocycles. The van der Waals surface area contributed by atoms with Crippen molar-refractivity contribution >= 4 is 22.4 Å². The highest BCUT2D eigenvalue weighted by Gasteiger charge is 2.12. The Morgan fingerprint density at radius 1 is 1.20 bits per heavy atom. The molecule has 0 fully saturated rings. The molecule has 20 heavy (non-hydrogen) atoms. The molecule has 0 aliphatic carbocycles. The summed E-state index contributed by atoms with van der Waals surface area (Å²) in [5.74, 6) is 0. The molecule has 0 aliphatic heterocycles. The lowest BCUT2D eigenvalue weighted by atomic mass is 10.2. The van der Waals surface area contributed by atoms with Gasteiger partial charge in [0.05, 0.1) is 11.5 Å². The van der Waals surface area contributed by atoms with Crippen LogP contribution in [-0.2, 0) is 21.2 Å². The molecular formula is C13H23ClN2O3S. The Labute approximate surface area is 127 Å². The third-order valence-electron chi connectivity index (χ3n) is 2.75. The highest BCUT2D eigenvalue weighted by atomic mass is 35.5. The van der Waals surface area contributed by atoms with Crippen molar-refractivity contribution < 1.29 is 13.2 Å². The zero-order valence-electron chi connectivity index (χ0n) is 11.7. The van der Waals surface area contributed by atoms with Crippen molar-refractivity contribution in [1.29, 1.82) is 0 Å². The number of nitrogens with one attached hydrogen (secondary N) is 1. The zero-order valence-corrected chi connectivity index (χ0v) is 13.3. The normalized spacial score (nSPS) is 11.1. The molecule has 0 amide bonds. The van der Waals surface area contributed by atoms with Crippen LogP contribution in [0.1, 0.15) is 18.4 Å². The van der Waals surface area contributed by atoms with Gasteiger partial charge in [-0.3, -0.25) is 0 Å². The summed E-state index contributed by atoms with van der Waals surface area (Å²) in [5.41, 5.74) is 6.42. The van der Waals surface area contributed by atoms with E-state index >= 15 is 0 Å². The van der Waals surface area contributed by atoms with Crippen LogP contribution in [0.2, 0.25) is 0 Å². The molecule has 7 heteroatoms. The second kappa shape index (κ2) is 10.1. The van der Waals surface area contributed by atoms with Gasteiger partial charge in [0.25, 0.3) is 0 Å². The number of halogens is 1. The first-order valence-electron chi connectivity index (χ1n) is 6.38. The molecular weight excluding hydrogens is 300 g/mol. The van der Waals surface area contributed by atoms with Crippen LogP contribution in [0.5, 0.6) is 0 Å². The van der Waals surface area contributed by atoms with Crippen LogP contribution in [0.3, 0.4) is 0 Å². The molecule has 1 rings (SSSR count). The minimum atomic E-state index is -3.40. The Balaban J connectivity index is 0.00000361. The summed E-state index contributed by atoms with van der Waals surface area (Å²) >= 11 is 0. The number of methoxy groups -OCH3 is 1. The predicted molar refractivity (Wildman–Crippen MR) is 82.7 cm³/mol. The Kier molecular flexibility index (Phi) is 9.79. The maximum absolute atomic E-state index is 12.0. The van der Waals surface area contributed by atoms with Gasteiger partial charge in [0.2, 0.25) is 10.0 Å². The lowest BCUT2D eigenvalue weighted by Gasteiger charge is -2.07. The Hall–Kier alpha value is -0.660. The first-order chi connectivity index (χ1) is 9.10. The fourth-order valence-corrected chi connectivity index (χ4v) is 2.69. The fraction of sp³-hybridized carbons (Fsp3) is 0.538. The van der Waals surface area contributed by atoms with E-state index < -0.39 is 10.0 Å². The number of rotatable bonds is 9. The van der Waals surface area contributed by atoms with Gasteiger partial charge in [-0.15, -0.1) is 12.4 Å². The third kappa shape index (κ3) is 6.67. The predicted octanol–water partition coefficient (Wildman–Crippen LogP) is 1.31. The molecule has 0 bridgehead atoms. The van der Waals surface area contributed by atoms with Crippen LogP contribution in [0.25, 0.3) is 0 Å². The van der Waals surface area contributed by atoms with E-state index in [0.29, 0.717) is 24.6 Å². The van der Waals surface area contributed by atoms with E-state index in [4.69, 9.17) is 10.5 Å². The minimum Gasteiger partial charge on any atom is -0.384 e. The van der Waals surface area contributed by atoms with E-state index in [-0.39, 0.29) is 12.4 Å². The van der Waals surface area contributed by atoms with Crippen LogP contribution in [-0.4, -0.2) is 35.2 Å². The molecule has 3 N–H and O–H groups in total. The van der Waals surface area contributed by atoms with E-state index in [1.165, 1.54) is 0 Å². The number of benzene rings is 1. The van der Waals surface area contributed by atoms with Gasteiger partial charge < -0.3 is 10.5 Å². The smallest absolute Gasteiger partial charge is 0.240 e. The second-order valence-corrected chi connectivity index (χ2v) is 6.05. The summed E-state index contributed by atoms with van der Waals surface area (Å²) in [6.45, 7) is 1.63. The average molecular weight is 323 g/mol. The van der Waals surface area contributed by atoms with E-state index in [9.17, 15) is 8.42 Å². The maximum Gasteiger partial charge on any atom is 0.240 e. The summed E-state index contributed by atoms with van der Waals surface area (Å²) in [4.78, 5) is 0.293. The monoisotopic (exact) mass is 322 g/mol. The van der Waals surface area contributed by atoms with Crippen LogP contribution >= 0.6 is 12.4 Å². The summed E-state index contributed by atoms with van der Waals surface area (Å²) in [6.07, 6.45) is 2.35. The SMILES string of the molecule is COCCc1ccc(S(=O)(=O)NCCCCN)cc1.Cl. The molecule has 1 aromatic carbocycles. The van der Waals surface area contributed by atoms with Crippen LogP contribution in [0.15, 0.2) is 29.2 Å². The number of hydrogen-bond acceptors (Lipinski definition) is 4. The number of unbranched alkanes of at least 4 members (excludes halogenated alkanes) is 1. The molecule has 0 radical (unpaired) electrons. The van der Waals surface area contributed by atoms with Gasteiger partial charge in [0.1, 0.15) is 0 Å². The van der Waals surface area contributed by atoms with Gasteiger partial charge in [-0.25, -0.2) is 13.1 Å². The second-order valence-electron chi connectivity index (χ2n) is 4.28. The average Bonchev–Trinajstić information content (AvgIpc) is 2.42. The van der Waals surface area contributed by atoms with Crippen molar-refractivity contribution in [2.45, 2.75) is 24.2 Å². The largest absolute Gasteiger partial charge is 0.384 e. The highest BCUT2D eigenvalue weighted by Crippen LogP contribution is 2.11. The molecule has 116 valence electrons. The molecule has 0 saturated heterocycles. The van der Waals surface area contributed by atoms with E-state index in [1.807, 2.05) is 12.1 Å². The van der Waals surface area contributed by atoms with Gasteiger partial charge in [-0.05, 0) is 43.5 Å². The molecule has 0 spiro atoms. The van der Waals surface area contributed by atoms with E-state index in [0.717, 1.165) is 24.8 Å². The molecule has 0 aromatic heterocycles. The molecule has 5 nitrogen and oxygen atoms in total. The van der Waals surface area contributed by atoms with Gasteiger partial charge in [-0.1, -0.05) is 12.1 Å². The van der Waals surface area contributed by atoms with Crippen molar-refractivity contribution in [3.05, 3.63) is 29.8 Å². The fourth-order valence-electron chi connectivity index (χ4n) is 1.61. The van der Waals surface area contributed by atoms with Crippen LogP contribution < -0.4 is 10.5 Å². The first-order valence-corrected chi connectivity index (χ1v) is 7.86. The van der Waals surface area contributed by atoms with Gasteiger partial charge in [-0.2, -0.15) is 0 Å². The topological polar surface area (TPSA) is 81.4 Å². The molecule has 0 atom stereocenters. The molecule has 0 saturated carbocycles. The number of hydrogen-bond donors (Lipinski definition) is 2. The number of ether oxygens (including phenoxy) is 1. The standard InChI is InChI=1S/C13H22N2O3S.ClH/c1-18-11-8-12-4-6-13(7-5-12)19(16,17)15-10-3-2-9-14;/h4-7,15H,2-3,8-11,14H2,1H3;1H. The van der Waals surface area contributed by atoms with Crippen molar-refractivity contribution in [2.75, 3.05) is 26.8 Å². The molecule has 1 aromatic rings. The Bertz CT molecular complexity index is 463. The van der Waals surface area contributed by atoms with Crippen molar-refractivity contribution in [3.8, 4) is 0 Å². The van der Waals surface area contributed by atoms with Crippen molar-refractivity contribution in [2.24, 2.45) is 5.73 Å². The van der Waals surface area contributed by atoms with Crippen molar-refractivity contribution in [3.63, 3.8) is 0 Å². The maximum atomic E-state index is 12.0. The van der Waals surface area contributed by atoms with E-state index in [1.54, 1.807) is 19.2 Å². The van der Waals surface area contributed by atoms with Gasteiger partial charge >= 0.3 is 0 Å². The summed E-state index contributed by atoms with van der Waals surface area (Å²) in [7, 11) is -1.76. The first kappa shape index (κ1) is 19.3. The lowest BCUT2D eigenvalue weighted by molar-refractivity contribution is 0.202.